The molecule has 1 aliphatic rings. The van der Waals surface area contributed by atoms with Crippen molar-refractivity contribution in [3.63, 3.8) is 0 Å². The Bertz CT molecular complexity index is 964. The first-order valence-electron chi connectivity index (χ1n) is 7.94. The molecule has 1 unspecified atom stereocenters. The topological polar surface area (TPSA) is 42.7 Å². The van der Waals surface area contributed by atoms with Crippen molar-refractivity contribution in [1.29, 1.82) is 0 Å². The van der Waals surface area contributed by atoms with Crippen molar-refractivity contribution in [3.8, 4) is 5.69 Å². The minimum atomic E-state index is -4.56. The van der Waals surface area contributed by atoms with Crippen LogP contribution in [0, 0.1) is 6.92 Å². The van der Waals surface area contributed by atoms with Gasteiger partial charge in [0.15, 0.2) is 0 Å². The van der Waals surface area contributed by atoms with E-state index in [0.29, 0.717) is 17.1 Å². The van der Waals surface area contributed by atoms with Crippen molar-refractivity contribution in [2.24, 2.45) is 0 Å². The Balaban J connectivity index is 1.81. The van der Waals surface area contributed by atoms with E-state index in [1.54, 1.807) is 0 Å². The van der Waals surface area contributed by atoms with Gasteiger partial charge in [-0.05, 0) is 30.7 Å². The zero-order valence-corrected chi connectivity index (χ0v) is 14.4. The molecule has 0 bridgehead atoms. The molecule has 1 atom stereocenters. The van der Waals surface area contributed by atoms with Gasteiger partial charge in [-0.3, -0.25) is 0 Å². The number of rotatable bonds is 1. The predicted molar refractivity (Wildman–Crippen MR) is 91.2 cm³/mol. The smallest absolute Gasteiger partial charge is 0.318 e. The molecular formula is C18H14ClF3N4. The standard InChI is InChI=1S/C18H14ClF3N4/c1-10-4-5-13(19)12-9-23-15(14-3-2-6-26(14)16(10)12)11-7-24-17(25-8-11)18(20,21)22/h2-8,15,23H,9H2,1H3. The molecule has 0 fully saturated rings. The fraction of sp³-hybridized carbons (Fsp3) is 0.222. The van der Waals surface area contributed by atoms with Crippen LogP contribution in [0.5, 0.6) is 0 Å². The maximum Gasteiger partial charge on any atom is 0.451 e. The Morgan fingerprint density at radius 3 is 2.62 bits per heavy atom. The molecule has 0 aliphatic carbocycles. The van der Waals surface area contributed by atoms with Crippen LogP contribution < -0.4 is 5.32 Å². The molecule has 0 spiro atoms. The second-order valence-electron chi connectivity index (χ2n) is 6.15. The van der Waals surface area contributed by atoms with E-state index in [1.807, 2.05) is 42.0 Å². The summed E-state index contributed by atoms with van der Waals surface area (Å²) in [6.07, 6.45) is -0.205. The molecule has 2 aromatic heterocycles. The molecule has 3 aromatic rings. The van der Waals surface area contributed by atoms with Crippen LogP contribution in [0.25, 0.3) is 5.69 Å². The maximum atomic E-state index is 12.7. The first-order chi connectivity index (χ1) is 12.4. The van der Waals surface area contributed by atoms with Crippen LogP contribution in [0.3, 0.4) is 0 Å². The van der Waals surface area contributed by atoms with Gasteiger partial charge in [-0.1, -0.05) is 17.7 Å². The number of hydrogen-bond acceptors (Lipinski definition) is 3. The van der Waals surface area contributed by atoms with E-state index in [4.69, 9.17) is 11.6 Å². The molecule has 0 amide bonds. The molecule has 0 saturated carbocycles. The number of fused-ring (bicyclic) bond motifs is 3. The lowest BCUT2D eigenvalue weighted by Gasteiger charge is -2.18. The zero-order valence-electron chi connectivity index (χ0n) is 13.7. The summed E-state index contributed by atoms with van der Waals surface area (Å²) in [6, 6.07) is 7.26. The second kappa shape index (κ2) is 6.10. The average Bonchev–Trinajstić information content (AvgIpc) is 3.00. The third kappa shape index (κ3) is 2.77. The van der Waals surface area contributed by atoms with Crippen molar-refractivity contribution in [1.82, 2.24) is 19.9 Å². The number of benzene rings is 1. The summed E-state index contributed by atoms with van der Waals surface area (Å²) in [5.41, 5.74) is 4.43. The fourth-order valence-electron chi connectivity index (χ4n) is 3.30. The van der Waals surface area contributed by atoms with Gasteiger partial charge in [0.1, 0.15) is 0 Å². The van der Waals surface area contributed by atoms with E-state index >= 15 is 0 Å². The lowest BCUT2D eigenvalue weighted by Crippen LogP contribution is -2.22. The van der Waals surface area contributed by atoms with Crippen molar-refractivity contribution in [2.45, 2.75) is 25.7 Å². The maximum absolute atomic E-state index is 12.7. The Hall–Kier alpha value is -2.38. The van der Waals surface area contributed by atoms with Gasteiger partial charge < -0.3 is 9.88 Å². The van der Waals surface area contributed by atoms with E-state index < -0.39 is 12.0 Å². The highest BCUT2D eigenvalue weighted by Crippen LogP contribution is 2.35. The third-order valence-corrected chi connectivity index (χ3v) is 4.84. The third-order valence-electron chi connectivity index (χ3n) is 4.49. The Morgan fingerprint density at radius 2 is 1.92 bits per heavy atom. The van der Waals surface area contributed by atoms with Crippen LogP contribution >= 0.6 is 11.6 Å². The molecule has 1 aromatic carbocycles. The van der Waals surface area contributed by atoms with Crippen LogP contribution in [0.15, 0.2) is 42.9 Å². The van der Waals surface area contributed by atoms with Crippen LogP contribution in [-0.2, 0) is 12.7 Å². The summed E-state index contributed by atoms with van der Waals surface area (Å²) in [5, 5.41) is 4.00. The van der Waals surface area contributed by atoms with Crippen molar-refractivity contribution >= 4 is 11.6 Å². The lowest BCUT2D eigenvalue weighted by molar-refractivity contribution is -0.145. The molecule has 8 heteroatoms. The van der Waals surface area contributed by atoms with E-state index in [-0.39, 0.29) is 6.04 Å². The number of nitrogens with one attached hydrogen (secondary N) is 1. The molecule has 26 heavy (non-hydrogen) atoms. The lowest BCUT2D eigenvalue weighted by atomic mass is 10.1. The highest BCUT2D eigenvalue weighted by Gasteiger charge is 2.35. The van der Waals surface area contributed by atoms with Gasteiger partial charge >= 0.3 is 6.18 Å². The number of aryl methyl sites for hydroxylation is 1. The minimum Gasteiger partial charge on any atom is -0.318 e. The van der Waals surface area contributed by atoms with Crippen molar-refractivity contribution in [2.75, 3.05) is 0 Å². The number of hydrogen-bond donors (Lipinski definition) is 1. The highest BCUT2D eigenvalue weighted by molar-refractivity contribution is 6.31. The monoisotopic (exact) mass is 378 g/mol. The summed E-state index contributed by atoms with van der Waals surface area (Å²) in [5.74, 6) is -1.15. The van der Waals surface area contributed by atoms with Crippen LogP contribution in [0.2, 0.25) is 5.02 Å². The van der Waals surface area contributed by atoms with Crippen LogP contribution in [-0.4, -0.2) is 14.5 Å². The van der Waals surface area contributed by atoms with Gasteiger partial charge in [0.05, 0.1) is 11.7 Å². The van der Waals surface area contributed by atoms with Gasteiger partial charge in [-0.15, -0.1) is 0 Å². The molecular weight excluding hydrogens is 365 g/mol. The molecule has 134 valence electrons. The second-order valence-corrected chi connectivity index (χ2v) is 6.55. The Morgan fingerprint density at radius 1 is 1.19 bits per heavy atom. The van der Waals surface area contributed by atoms with Crippen LogP contribution in [0.4, 0.5) is 13.2 Å². The number of aromatic nitrogens is 3. The summed E-state index contributed by atoms with van der Waals surface area (Å²) in [4.78, 5) is 6.97. The molecule has 4 rings (SSSR count). The van der Waals surface area contributed by atoms with E-state index in [9.17, 15) is 13.2 Å². The zero-order chi connectivity index (χ0) is 18.5. The fourth-order valence-corrected chi connectivity index (χ4v) is 3.52. The summed E-state index contributed by atoms with van der Waals surface area (Å²) >= 11 is 6.38. The van der Waals surface area contributed by atoms with Gasteiger partial charge in [0.2, 0.25) is 5.82 Å². The molecule has 1 aliphatic heterocycles. The number of alkyl halides is 3. The van der Waals surface area contributed by atoms with E-state index in [2.05, 4.69) is 15.3 Å². The van der Waals surface area contributed by atoms with Gasteiger partial charge in [0, 0.05) is 47.0 Å². The first-order valence-corrected chi connectivity index (χ1v) is 8.32. The van der Waals surface area contributed by atoms with Gasteiger partial charge in [0.25, 0.3) is 0 Å². The minimum absolute atomic E-state index is 0.352. The molecule has 3 heterocycles. The summed E-state index contributed by atoms with van der Waals surface area (Å²) < 4.78 is 40.2. The largest absolute Gasteiger partial charge is 0.451 e. The molecule has 4 nitrogen and oxygen atoms in total. The summed E-state index contributed by atoms with van der Waals surface area (Å²) in [7, 11) is 0. The average molecular weight is 379 g/mol. The SMILES string of the molecule is Cc1ccc(Cl)c2c1-n1cccc1C(c1cnc(C(F)(F)F)nc1)NC2. The summed E-state index contributed by atoms with van der Waals surface area (Å²) in [6.45, 7) is 2.48. The van der Waals surface area contributed by atoms with E-state index in [1.165, 1.54) is 12.4 Å². The van der Waals surface area contributed by atoms with Gasteiger partial charge in [-0.25, -0.2) is 9.97 Å². The van der Waals surface area contributed by atoms with Crippen LogP contribution in [0.1, 0.15) is 34.3 Å². The molecule has 1 N–H and O–H groups in total. The van der Waals surface area contributed by atoms with E-state index in [0.717, 1.165) is 22.5 Å². The molecule has 0 radical (unpaired) electrons. The number of nitrogens with zero attached hydrogens (tertiary/aromatic N) is 3. The first kappa shape index (κ1) is 17.1. The predicted octanol–water partition coefficient (Wildman–Crippen LogP) is 4.44. The van der Waals surface area contributed by atoms with Crippen molar-refractivity contribution in [3.05, 3.63) is 76.1 Å². The number of halogens is 4. The normalized spacial score (nSPS) is 16.7. The Kier molecular flexibility index (Phi) is 4.00. The van der Waals surface area contributed by atoms with Crippen molar-refractivity contribution < 1.29 is 13.2 Å². The molecule has 0 saturated heterocycles. The Labute approximate surface area is 152 Å². The quantitative estimate of drug-likeness (QED) is 0.680. The van der Waals surface area contributed by atoms with Gasteiger partial charge in [-0.2, -0.15) is 13.2 Å². The highest BCUT2D eigenvalue weighted by atomic mass is 35.5.